The lowest BCUT2D eigenvalue weighted by atomic mass is 10.2. The molecule has 2 amide bonds. The van der Waals surface area contributed by atoms with E-state index in [4.69, 9.17) is 18.5 Å². The molecular weight excluding hydrogens is 587 g/mol. The van der Waals surface area contributed by atoms with Crippen molar-refractivity contribution in [3.05, 3.63) is 71.8 Å². The molecule has 44 heavy (non-hydrogen) atoms. The highest BCUT2D eigenvalue weighted by molar-refractivity contribution is 7.53. The van der Waals surface area contributed by atoms with Crippen LogP contribution in [0.5, 0.6) is 0 Å². The zero-order chi connectivity index (χ0) is 32.8. The van der Waals surface area contributed by atoms with Crippen LogP contribution in [0.1, 0.15) is 58.6 Å². The van der Waals surface area contributed by atoms with Gasteiger partial charge in [0.1, 0.15) is 13.2 Å². The minimum atomic E-state index is -2.70. The summed E-state index contributed by atoms with van der Waals surface area (Å²) in [5.41, 5.74) is 1.70. The summed E-state index contributed by atoms with van der Waals surface area (Å²) in [6.45, 7) is 10.1. The molecule has 0 heterocycles. The van der Waals surface area contributed by atoms with Gasteiger partial charge in [0.25, 0.3) is 0 Å². The van der Waals surface area contributed by atoms with Crippen LogP contribution in [0.3, 0.4) is 0 Å². The lowest BCUT2D eigenvalue weighted by molar-refractivity contribution is 0.0395. The van der Waals surface area contributed by atoms with E-state index >= 15 is 0 Å². The summed E-state index contributed by atoms with van der Waals surface area (Å²) >= 11 is 0. The average Bonchev–Trinajstić information content (AvgIpc) is 3.05. The second-order valence-electron chi connectivity index (χ2n) is 9.72. The second-order valence-corrected chi connectivity index (χ2v) is 12.1. The van der Waals surface area contributed by atoms with Gasteiger partial charge in [0.15, 0.2) is 0 Å². The van der Waals surface area contributed by atoms with E-state index in [2.05, 4.69) is 0 Å². The Labute approximate surface area is 262 Å². The molecule has 0 saturated carbocycles. The van der Waals surface area contributed by atoms with E-state index in [9.17, 15) is 24.4 Å². The minimum Gasteiger partial charge on any atom is -0.445 e. The molecule has 0 aliphatic rings. The highest BCUT2D eigenvalue weighted by atomic mass is 31.2. The van der Waals surface area contributed by atoms with E-state index in [1.165, 1.54) is 9.80 Å². The number of hydrogen-bond acceptors (Lipinski definition) is 9. The molecule has 248 valence electrons. The van der Waals surface area contributed by atoms with Crippen molar-refractivity contribution in [1.29, 1.82) is 0 Å². The van der Waals surface area contributed by atoms with Gasteiger partial charge in [0.05, 0.1) is 38.5 Å². The van der Waals surface area contributed by atoms with Gasteiger partial charge in [-0.3, -0.25) is 4.57 Å². The molecule has 0 aliphatic carbocycles. The summed E-state index contributed by atoms with van der Waals surface area (Å²) in [7, 11) is -2.70. The molecule has 2 aromatic carbocycles. The Kier molecular flexibility index (Phi) is 20.0. The predicted molar refractivity (Wildman–Crippen MR) is 170 cm³/mol. The average molecular weight is 639 g/mol. The van der Waals surface area contributed by atoms with Gasteiger partial charge in [0.2, 0.25) is 0 Å². The minimum absolute atomic E-state index is 0.106. The number of rotatable bonds is 18. The van der Waals surface area contributed by atoms with Crippen molar-refractivity contribution in [3.8, 4) is 0 Å². The van der Waals surface area contributed by atoms with Crippen LogP contribution in [0, 0.1) is 0 Å². The van der Waals surface area contributed by atoms with Crippen LogP contribution in [0.25, 0.3) is 0 Å². The molecule has 2 N–H and O–H groups in total. The van der Waals surface area contributed by atoms with Crippen LogP contribution in [-0.4, -0.2) is 90.0 Å². The molecule has 12 heteroatoms. The Morgan fingerprint density at radius 3 is 1.32 bits per heavy atom. The summed E-state index contributed by atoms with van der Waals surface area (Å²) in [6, 6.07) is 17.7. The van der Waals surface area contributed by atoms with Gasteiger partial charge in [-0.1, -0.05) is 81.4 Å². The van der Waals surface area contributed by atoms with E-state index in [0.717, 1.165) is 11.1 Å². The Morgan fingerprint density at radius 2 is 1.05 bits per heavy atom. The lowest BCUT2D eigenvalue weighted by Crippen LogP contribution is -2.50. The van der Waals surface area contributed by atoms with Gasteiger partial charge in [-0.15, -0.1) is 0 Å². The number of benzene rings is 2. The fraction of sp³-hybridized carbons (Fsp3) is 0.562. The molecule has 0 radical (unpaired) electrons. The molecule has 0 bridgehead atoms. The third kappa shape index (κ3) is 14.2. The van der Waals surface area contributed by atoms with Gasteiger partial charge >= 0.3 is 19.8 Å². The number of hydrogen-bond donors (Lipinski definition) is 2. The smallest absolute Gasteiger partial charge is 0.410 e. The lowest BCUT2D eigenvalue weighted by Gasteiger charge is -2.34. The van der Waals surface area contributed by atoms with E-state index in [0.29, 0.717) is 32.2 Å². The monoisotopic (exact) mass is 638 g/mol. The molecule has 2 aromatic rings. The van der Waals surface area contributed by atoms with Crippen LogP contribution in [0.2, 0.25) is 0 Å². The maximum Gasteiger partial charge on any atom is 0.410 e. The number of aliphatic hydroxyl groups excluding tert-OH is 2. The van der Waals surface area contributed by atoms with Crippen LogP contribution in [-0.2, 0) is 36.3 Å². The van der Waals surface area contributed by atoms with Crippen LogP contribution >= 0.6 is 7.60 Å². The zero-order valence-corrected chi connectivity index (χ0v) is 27.7. The molecule has 0 aromatic heterocycles. The Morgan fingerprint density at radius 1 is 0.682 bits per heavy atom. The molecule has 2 rings (SSSR count). The third-order valence-electron chi connectivity index (χ3n) is 6.75. The van der Waals surface area contributed by atoms with E-state index in [-0.39, 0.29) is 39.5 Å². The maximum atomic E-state index is 12.9. The first-order chi connectivity index (χ1) is 21.2. The van der Waals surface area contributed by atoms with Gasteiger partial charge < -0.3 is 38.5 Å². The predicted octanol–water partition coefficient (Wildman–Crippen LogP) is 6.08. The first-order valence-electron chi connectivity index (χ1n) is 15.3. The Balaban J connectivity index is 0.000000828. The Hall–Kier alpha value is -2.95. The van der Waals surface area contributed by atoms with Gasteiger partial charge in [-0.25, -0.2) is 9.59 Å². The standard InChI is InChI=1S/C26H36N2O6.C6H15O3P/c1-3-23(17-29)27(25(31)33-19-21-11-7-5-8-12-21)15-16-28(24(4-2)18-30)26(32)34-20-22-13-9-6-10-14-22;1-4-8-10(7,6-3)9-5-2/h5-14,23-24,29-30H,3-4,15-20H2,1-2H3;4-6H2,1-3H3/t23-,24-;/m0./s1. The van der Waals surface area contributed by atoms with E-state index in [1.54, 1.807) is 20.8 Å². The number of carbonyl (C=O) groups is 2. The van der Waals surface area contributed by atoms with Crippen LogP contribution in [0.15, 0.2) is 60.7 Å². The van der Waals surface area contributed by atoms with Crippen molar-refractivity contribution in [1.82, 2.24) is 9.80 Å². The number of nitrogens with zero attached hydrogens (tertiary/aromatic N) is 2. The molecule has 11 nitrogen and oxygen atoms in total. The second kappa shape index (κ2) is 22.5. The van der Waals surface area contributed by atoms with Crippen molar-refractivity contribution < 1.29 is 42.9 Å². The normalized spacial score (nSPS) is 12.3. The molecule has 2 atom stereocenters. The number of aliphatic hydroxyl groups is 2. The first-order valence-corrected chi connectivity index (χ1v) is 17.0. The highest BCUT2D eigenvalue weighted by Crippen LogP contribution is 2.47. The summed E-state index contributed by atoms with van der Waals surface area (Å²) in [5, 5.41) is 19.6. The molecule has 0 unspecified atom stereocenters. The molecule has 0 fully saturated rings. The van der Waals surface area contributed by atoms with Gasteiger partial charge in [0, 0.05) is 19.3 Å². The van der Waals surface area contributed by atoms with Crippen LogP contribution in [0.4, 0.5) is 9.59 Å². The highest BCUT2D eigenvalue weighted by Gasteiger charge is 2.28. The maximum absolute atomic E-state index is 12.9. The third-order valence-corrected chi connectivity index (χ3v) is 8.82. The van der Waals surface area contributed by atoms with E-state index < -0.39 is 31.9 Å². The van der Waals surface area contributed by atoms with Crippen molar-refractivity contribution in [2.75, 3.05) is 45.7 Å². The number of ether oxygens (including phenoxy) is 2. The summed E-state index contributed by atoms with van der Waals surface area (Å²) in [6.07, 6.45) is 0.354. The zero-order valence-electron chi connectivity index (χ0n) is 26.8. The molecule has 0 saturated heterocycles. The molecule has 0 spiro atoms. The fourth-order valence-electron chi connectivity index (χ4n) is 4.18. The number of amides is 2. The van der Waals surface area contributed by atoms with Crippen molar-refractivity contribution in [2.45, 2.75) is 72.8 Å². The van der Waals surface area contributed by atoms with Crippen molar-refractivity contribution in [3.63, 3.8) is 0 Å². The first kappa shape index (κ1) is 39.1. The van der Waals surface area contributed by atoms with Gasteiger partial charge in [-0.05, 0) is 37.8 Å². The summed E-state index contributed by atoms with van der Waals surface area (Å²) < 4.78 is 32.2. The quantitative estimate of drug-likeness (QED) is 0.186. The molecule has 0 aliphatic heterocycles. The topological polar surface area (TPSA) is 135 Å². The fourth-order valence-corrected chi connectivity index (χ4v) is 5.40. The summed E-state index contributed by atoms with van der Waals surface area (Å²) in [4.78, 5) is 28.6. The largest absolute Gasteiger partial charge is 0.445 e. The van der Waals surface area contributed by atoms with Crippen molar-refractivity contribution in [2.24, 2.45) is 0 Å². The van der Waals surface area contributed by atoms with Crippen molar-refractivity contribution >= 4 is 19.8 Å². The summed E-state index contributed by atoms with van der Waals surface area (Å²) in [5.74, 6) is 0. The van der Waals surface area contributed by atoms with E-state index in [1.807, 2.05) is 74.5 Å². The SMILES string of the molecule is CCOP(=O)(CC)OCC.CC[C@@H](CO)N(CCN(C(=O)OCc1ccccc1)[C@@H](CC)CO)C(=O)OCc1ccccc1. The molecular formula is C32H51N2O9P. The Bertz CT molecular complexity index is 1000. The van der Waals surface area contributed by atoms with Crippen LogP contribution < -0.4 is 0 Å². The van der Waals surface area contributed by atoms with Gasteiger partial charge in [-0.2, -0.15) is 0 Å². The number of carbonyl (C=O) groups excluding carboxylic acids is 2.